The summed E-state index contributed by atoms with van der Waals surface area (Å²) in [5, 5.41) is -0.432. The predicted molar refractivity (Wildman–Crippen MR) is 148 cm³/mol. The molecule has 0 radical (unpaired) electrons. The minimum atomic E-state index is -5.05. The maximum absolute atomic E-state index is 15.0. The quantitative estimate of drug-likeness (QED) is 0.253. The zero-order chi connectivity index (χ0) is 33.1. The van der Waals surface area contributed by atoms with Crippen molar-refractivity contribution in [2.45, 2.75) is 32.2 Å². The Balaban J connectivity index is 1.70. The fourth-order valence-electron chi connectivity index (χ4n) is 4.16. The summed E-state index contributed by atoms with van der Waals surface area (Å²) in [6.07, 6.45) is -7.16. The number of amidine groups is 1. The molecule has 0 N–H and O–H groups in total. The minimum Gasteiger partial charge on any atom is -0.465 e. The van der Waals surface area contributed by atoms with Gasteiger partial charge in [0.1, 0.15) is 24.7 Å². The second kappa shape index (κ2) is 13.3. The smallest absolute Gasteiger partial charge is 0.431 e. The Labute approximate surface area is 256 Å². The normalized spacial score (nSPS) is 15.7. The van der Waals surface area contributed by atoms with Gasteiger partial charge in [-0.1, -0.05) is 41.9 Å². The molecule has 0 bridgehead atoms. The standard InChI is InChI=1S/C28H23ClF4N4O8/c1-3-43-24(40)13-36-25(41)20(11-23(39)44-14-15-7-5-4-6-8-15)45-26(36)34-18-10-19(17(30)9-16(18)29)37-22(38)12-21(28(31,32)33)35(2)27(37)42/h4-10,12,20H,3,11,13-14H2,1-2H3. The maximum Gasteiger partial charge on any atom is 0.431 e. The number of amides is 1. The van der Waals surface area contributed by atoms with Gasteiger partial charge in [0.05, 0.1) is 29.4 Å². The second-order valence-corrected chi connectivity index (χ2v) is 9.79. The van der Waals surface area contributed by atoms with Crippen molar-refractivity contribution in [3.63, 3.8) is 0 Å². The van der Waals surface area contributed by atoms with Gasteiger partial charge in [0, 0.05) is 13.1 Å². The van der Waals surface area contributed by atoms with E-state index in [2.05, 4.69) is 4.99 Å². The number of alkyl halides is 3. The van der Waals surface area contributed by atoms with Gasteiger partial charge in [0.2, 0.25) is 0 Å². The summed E-state index contributed by atoms with van der Waals surface area (Å²) in [6, 6.07) is 9.60. The predicted octanol–water partition coefficient (Wildman–Crippen LogP) is 3.26. The van der Waals surface area contributed by atoms with Gasteiger partial charge in [-0.2, -0.15) is 18.2 Å². The highest BCUT2D eigenvalue weighted by molar-refractivity contribution is 6.33. The summed E-state index contributed by atoms with van der Waals surface area (Å²) in [7, 11) is 0.742. The van der Waals surface area contributed by atoms with Crippen LogP contribution in [0.2, 0.25) is 5.02 Å². The van der Waals surface area contributed by atoms with E-state index in [1.165, 1.54) is 6.92 Å². The van der Waals surface area contributed by atoms with Crippen LogP contribution < -0.4 is 11.2 Å². The number of esters is 2. The lowest BCUT2D eigenvalue weighted by atomic mass is 10.2. The van der Waals surface area contributed by atoms with Gasteiger partial charge in [-0.3, -0.25) is 28.6 Å². The van der Waals surface area contributed by atoms with Crippen molar-refractivity contribution in [1.29, 1.82) is 0 Å². The first-order valence-electron chi connectivity index (χ1n) is 13.0. The zero-order valence-corrected chi connectivity index (χ0v) is 24.2. The van der Waals surface area contributed by atoms with Crippen molar-refractivity contribution < 1.29 is 46.2 Å². The van der Waals surface area contributed by atoms with Crippen molar-refractivity contribution in [3.05, 3.63) is 91.5 Å². The first-order valence-corrected chi connectivity index (χ1v) is 13.4. The third-order valence-corrected chi connectivity index (χ3v) is 6.59. The minimum absolute atomic E-state index is 0.0343. The Morgan fingerprint density at radius 1 is 1.04 bits per heavy atom. The highest BCUT2D eigenvalue weighted by atomic mass is 35.5. The summed E-state index contributed by atoms with van der Waals surface area (Å²) in [6.45, 7) is 0.678. The van der Waals surface area contributed by atoms with Crippen LogP contribution in [0.15, 0.2) is 63.1 Å². The Hall–Kier alpha value is -4.99. The largest absolute Gasteiger partial charge is 0.465 e. The molecule has 1 aliphatic rings. The Morgan fingerprint density at radius 2 is 1.73 bits per heavy atom. The summed E-state index contributed by atoms with van der Waals surface area (Å²) in [5.74, 6) is -3.85. The summed E-state index contributed by atoms with van der Waals surface area (Å²) in [4.78, 5) is 68.0. The summed E-state index contributed by atoms with van der Waals surface area (Å²) >= 11 is 6.13. The number of rotatable bonds is 9. The first-order chi connectivity index (χ1) is 21.2. The van der Waals surface area contributed by atoms with Gasteiger partial charge in [0.25, 0.3) is 11.5 Å². The fourth-order valence-corrected chi connectivity index (χ4v) is 4.35. The van der Waals surface area contributed by atoms with Crippen LogP contribution in [0, 0.1) is 5.82 Å². The van der Waals surface area contributed by atoms with Crippen LogP contribution in [0.5, 0.6) is 0 Å². The molecule has 0 spiro atoms. The second-order valence-electron chi connectivity index (χ2n) is 9.38. The number of benzene rings is 2. The summed E-state index contributed by atoms with van der Waals surface area (Å²) in [5.41, 5.74) is -5.15. The van der Waals surface area contributed by atoms with E-state index in [0.29, 0.717) is 11.6 Å². The van der Waals surface area contributed by atoms with Crippen LogP contribution in [-0.2, 0) is 48.4 Å². The molecule has 0 saturated carbocycles. The molecule has 1 unspecified atom stereocenters. The van der Waals surface area contributed by atoms with E-state index in [9.17, 15) is 41.5 Å². The first kappa shape index (κ1) is 32.9. The lowest BCUT2D eigenvalue weighted by Gasteiger charge is -2.15. The van der Waals surface area contributed by atoms with E-state index in [1.807, 2.05) is 0 Å². The number of carbonyl (C=O) groups excluding carboxylic acids is 3. The van der Waals surface area contributed by atoms with Crippen molar-refractivity contribution >= 4 is 41.2 Å². The molecule has 2 heterocycles. The highest BCUT2D eigenvalue weighted by Gasteiger charge is 2.42. The van der Waals surface area contributed by atoms with Crippen LogP contribution in [-0.4, -0.2) is 57.2 Å². The van der Waals surface area contributed by atoms with Crippen molar-refractivity contribution in [2.75, 3.05) is 13.2 Å². The van der Waals surface area contributed by atoms with E-state index < -0.39 is 88.3 Å². The van der Waals surface area contributed by atoms with Crippen molar-refractivity contribution in [3.8, 4) is 5.69 Å². The average Bonchev–Trinajstić information content (AvgIpc) is 3.24. The van der Waals surface area contributed by atoms with Crippen molar-refractivity contribution in [2.24, 2.45) is 12.0 Å². The van der Waals surface area contributed by atoms with Gasteiger partial charge >= 0.3 is 29.8 Å². The molecular formula is C28H23ClF4N4O8. The van der Waals surface area contributed by atoms with E-state index in [-0.39, 0.29) is 28.4 Å². The molecule has 4 rings (SSSR count). The molecule has 45 heavy (non-hydrogen) atoms. The molecule has 1 aromatic heterocycles. The van der Waals surface area contributed by atoms with Gasteiger partial charge in [0.15, 0.2) is 6.10 Å². The highest BCUT2D eigenvalue weighted by Crippen LogP contribution is 2.32. The number of ether oxygens (including phenoxy) is 3. The van der Waals surface area contributed by atoms with Crippen LogP contribution in [0.1, 0.15) is 24.6 Å². The average molecular weight is 655 g/mol. The molecule has 1 saturated heterocycles. The fraction of sp³-hybridized carbons (Fsp3) is 0.286. The lowest BCUT2D eigenvalue weighted by molar-refractivity contribution is -0.150. The monoisotopic (exact) mass is 654 g/mol. The molecule has 1 amide bonds. The van der Waals surface area contributed by atoms with Crippen LogP contribution >= 0.6 is 11.6 Å². The number of aliphatic imine (C=N–C) groups is 1. The Bertz CT molecular complexity index is 1790. The molecule has 1 aliphatic heterocycles. The van der Waals surface area contributed by atoms with E-state index >= 15 is 0 Å². The van der Waals surface area contributed by atoms with Gasteiger partial charge < -0.3 is 14.2 Å². The molecule has 1 fully saturated rings. The van der Waals surface area contributed by atoms with Crippen molar-refractivity contribution in [1.82, 2.24) is 14.0 Å². The molecule has 0 aliphatic carbocycles. The van der Waals surface area contributed by atoms with Crippen LogP contribution in [0.25, 0.3) is 5.69 Å². The number of hydrogen-bond acceptors (Lipinski definition) is 9. The number of nitrogens with zero attached hydrogens (tertiary/aromatic N) is 4. The third kappa shape index (κ3) is 7.39. The summed E-state index contributed by atoms with van der Waals surface area (Å²) < 4.78 is 70.7. The molecule has 12 nitrogen and oxygen atoms in total. The number of carbonyl (C=O) groups is 3. The van der Waals surface area contributed by atoms with Gasteiger partial charge in [-0.15, -0.1) is 0 Å². The zero-order valence-electron chi connectivity index (χ0n) is 23.5. The molecule has 238 valence electrons. The Kier molecular flexibility index (Phi) is 9.75. The molecule has 1 atom stereocenters. The topological polar surface area (TPSA) is 138 Å². The number of hydrogen-bond donors (Lipinski definition) is 0. The van der Waals surface area contributed by atoms with E-state index in [0.717, 1.165) is 18.0 Å². The van der Waals surface area contributed by atoms with Crippen LogP contribution in [0.4, 0.5) is 23.2 Å². The van der Waals surface area contributed by atoms with Gasteiger partial charge in [-0.25, -0.2) is 13.8 Å². The molecule has 17 heteroatoms. The maximum atomic E-state index is 15.0. The lowest BCUT2D eigenvalue weighted by Crippen LogP contribution is -2.41. The number of aromatic nitrogens is 2. The third-order valence-electron chi connectivity index (χ3n) is 6.29. The van der Waals surface area contributed by atoms with Crippen LogP contribution in [0.3, 0.4) is 0 Å². The molecule has 2 aromatic carbocycles. The van der Waals surface area contributed by atoms with E-state index in [1.54, 1.807) is 30.3 Å². The number of halogens is 5. The van der Waals surface area contributed by atoms with Gasteiger partial charge in [-0.05, 0) is 24.6 Å². The van der Waals surface area contributed by atoms with E-state index in [4.69, 9.17) is 25.8 Å². The molecule has 3 aromatic rings. The molecular weight excluding hydrogens is 632 g/mol. The Morgan fingerprint density at radius 3 is 2.38 bits per heavy atom. The SMILES string of the molecule is CCOC(=O)CN1C(=O)C(CC(=O)OCc2ccccc2)OC1=Nc1cc(-n2c(=O)cc(C(F)(F)F)n(C)c2=O)c(F)cc1Cl.